The second kappa shape index (κ2) is 4.13. The number of carbonyl (C=O) groups excluding carboxylic acids is 1. The summed E-state index contributed by atoms with van der Waals surface area (Å²) in [7, 11) is 1.77. The summed E-state index contributed by atoms with van der Waals surface area (Å²) in [6, 6.07) is 9.78. The third-order valence-corrected chi connectivity index (χ3v) is 2.30. The first-order valence-electron chi connectivity index (χ1n) is 4.86. The Hall–Kier alpha value is -1.84. The van der Waals surface area contributed by atoms with E-state index >= 15 is 0 Å². The fraction of sp³-hybridized carbons (Fsp3) is 0.273. The van der Waals surface area contributed by atoms with E-state index in [9.17, 15) is 4.79 Å². The van der Waals surface area contributed by atoms with Crippen LogP contribution in [-0.2, 0) is 6.54 Å². The van der Waals surface area contributed by atoms with E-state index in [2.05, 4.69) is 5.10 Å². The highest BCUT2D eigenvalue weighted by Crippen LogP contribution is 2.09. The topological polar surface area (TPSA) is 35.9 Å². The Balaban J connectivity index is 2.09. The number of hydrogen-bond donors (Lipinski definition) is 0. The molecule has 2 rings (SSSR count). The van der Waals surface area contributed by atoms with Crippen LogP contribution in [0.2, 0.25) is 0 Å². The Labute approximate surface area is 88.8 Å². The minimum atomic E-state index is -0.0543. The molecule has 78 valence electrons. The maximum absolute atomic E-state index is 11.7. The number of amides is 2. The molecule has 0 aromatic heterocycles. The van der Waals surface area contributed by atoms with Crippen LogP contribution < -0.4 is 0 Å². The molecule has 4 heteroatoms. The van der Waals surface area contributed by atoms with Gasteiger partial charge in [-0.05, 0) is 5.56 Å². The second-order valence-corrected chi connectivity index (χ2v) is 3.50. The number of hydrazone groups is 1. The van der Waals surface area contributed by atoms with Crippen molar-refractivity contribution in [1.82, 2.24) is 9.91 Å². The van der Waals surface area contributed by atoms with Crippen molar-refractivity contribution >= 4 is 12.2 Å². The Kier molecular flexibility index (Phi) is 2.67. The predicted octanol–water partition coefficient (Wildman–Crippen LogP) is 1.54. The first-order valence-corrected chi connectivity index (χ1v) is 4.86. The normalized spacial score (nSPS) is 15.9. The van der Waals surface area contributed by atoms with Gasteiger partial charge in [0.2, 0.25) is 0 Å². The summed E-state index contributed by atoms with van der Waals surface area (Å²) < 4.78 is 0. The molecule has 0 saturated carbocycles. The molecule has 0 saturated heterocycles. The summed E-state index contributed by atoms with van der Waals surface area (Å²) in [4.78, 5) is 13.3. The van der Waals surface area contributed by atoms with Crippen LogP contribution in [0.4, 0.5) is 4.79 Å². The minimum absolute atomic E-state index is 0.0543. The summed E-state index contributed by atoms with van der Waals surface area (Å²) in [5.41, 5.74) is 1.08. The van der Waals surface area contributed by atoms with E-state index in [1.165, 1.54) is 5.01 Å². The fourth-order valence-electron chi connectivity index (χ4n) is 1.45. The van der Waals surface area contributed by atoms with Crippen molar-refractivity contribution in [3.63, 3.8) is 0 Å². The van der Waals surface area contributed by atoms with Crippen molar-refractivity contribution in [2.24, 2.45) is 5.10 Å². The molecule has 1 aromatic carbocycles. The molecule has 0 unspecified atom stereocenters. The quantitative estimate of drug-likeness (QED) is 0.718. The molecule has 15 heavy (non-hydrogen) atoms. The van der Waals surface area contributed by atoms with Gasteiger partial charge in [-0.1, -0.05) is 30.3 Å². The lowest BCUT2D eigenvalue weighted by atomic mass is 10.2. The van der Waals surface area contributed by atoms with Crippen LogP contribution in [0.25, 0.3) is 0 Å². The van der Waals surface area contributed by atoms with Gasteiger partial charge in [0, 0.05) is 13.3 Å². The molecule has 0 atom stereocenters. The Morgan fingerprint density at radius 1 is 1.33 bits per heavy atom. The standard InChI is InChI=1S/C11H13N3O/c1-13-8-7-12-14(11(13)15)9-10-5-3-2-4-6-10/h2-7H,8-9H2,1H3. The number of carbonyl (C=O) groups is 1. The first kappa shape index (κ1) is 9.71. The van der Waals surface area contributed by atoms with Crippen LogP contribution >= 0.6 is 0 Å². The van der Waals surface area contributed by atoms with Gasteiger partial charge in [0.1, 0.15) is 0 Å². The van der Waals surface area contributed by atoms with Crippen LogP contribution in [0.15, 0.2) is 35.4 Å². The Morgan fingerprint density at radius 3 is 2.80 bits per heavy atom. The van der Waals surface area contributed by atoms with Crippen molar-refractivity contribution in [3.05, 3.63) is 35.9 Å². The van der Waals surface area contributed by atoms with E-state index < -0.39 is 0 Å². The fourth-order valence-corrected chi connectivity index (χ4v) is 1.45. The Bertz CT molecular complexity index is 375. The monoisotopic (exact) mass is 203 g/mol. The van der Waals surface area contributed by atoms with E-state index in [-0.39, 0.29) is 6.03 Å². The number of rotatable bonds is 2. The molecular weight excluding hydrogens is 190 g/mol. The SMILES string of the molecule is CN1CC=NN(Cc2ccccc2)C1=O. The van der Waals surface area contributed by atoms with E-state index in [1.54, 1.807) is 18.2 Å². The van der Waals surface area contributed by atoms with Crippen molar-refractivity contribution < 1.29 is 4.79 Å². The number of urea groups is 1. The summed E-state index contributed by atoms with van der Waals surface area (Å²) in [5, 5.41) is 5.54. The third-order valence-electron chi connectivity index (χ3n) is 2.30. The third kappa shape index (κ3) is 2.15. The molecule has 1 aromatic rings. The zero-order valence-corrected chi connectivity index (χ0v) is 8.63. The van der Waals surface area contributed by atoms with Crippen molar-refractivity contribution in [2.75, 3.05) is 13.6 Å². The molecule has 0 N–H and O–H groups in total. The molecule has 1 heterocycles. The summed E-state index contributed by atoms with van der Waals surface area (Å²) in [6.45, 7) is 1.12. The van der Waals surface area contributed by atoms with Gasteiger partial charge in [-0.15, -0.1) is 0 Å². The van der Waals surface area contributed by atoms with Gasteiger partial charge in [0.25, 0.3) is 0 Å². The van der Waals surface area contributed by atoms with Crippen molar-refractivity contribution in [2.45, 2.75) is 6.54 Å². The smallest absolute Gasteiger partial charge is 0.321 e. The highest BCUT2D eigenvalue weighted by atomic mass is 16.2. The summed E-state index contributed by atoms with van der Waals surface area (Å²) in [5.74, 6) is 0. The lowest BCUT2D eigenvalue weighted by molar-refractivity contribution is 0.162. The van der Waals surface area contributed by atoms with E-state index in [0.29, 0.717) is 13.1 Å². The molecule has 0 fully saturated rings. The van der Waals surface area contributed by atoms with Crippen molar-refractivity contribution in [3.8, 4) is 0 Å². The minimum Gasteiger partial charge on any atom is -0.321 e. The van der Waals surface area contributed by atoms with Gasteiger partial charge >= 0.3 is 6.03 Å². The van der Waals surface area contributed by atoms with E-state index in [1.807, 2.05) is 30.3 Å². The molecule has 1 aliphatic heterocycles. The predicted molar refractivity (Wildman–Crippen MR) is 58.5 cm³/mol. The molecular formula is C11H13N3O. The lowest BCUT2D eigenvalue weighted by Gasteiger charge is -2.27. The zero-order valence-electron chi connectivity index (χ0n) is 8.63. The largest absolute Gasteiger partial charge is 0.340 e. The first-order chi connectivity index (χ1) is 7.27. The molecule has 2 amide bonds. The van der Waals surface area contributed by atoms with Crippen LogP contribution in [-0.4, -0.2) is 35.7 Å². The van der Waals surface area contributed by atoms with Gasteiger partial charge in [-0.2, -0.15) is 5.10 Å². The van der Waals surface area contributed by atoms with Crippen molar-refractivity contribution in [1.29, 1.82) is 0 Å². The van der Waals surface area contributed by atoms with Crippen LogP contribution in [0, 0.1) is 0 Å². The lowest BCUT2D eigenvalue weighted by Crippen LogP contribution is -2.42. The zero-order chi connectivity index (χ0) is 10.7. The molecule has 0 aliphatic carbocycles. The average molecular weight is 203 g/mol. The maximum Gasteiger partial charge on any atom is 0.340 e. The van der Waals surface area contributed by atoms with Gasteiger partial charge in [-0.3, -0.25) is 0 Å². The van der Waals surface area contributed by atoms with Gasteiger partial charge in [-0.25, -0.2) is 9.80 Å². The van der Waals surface area contributed by atoms with Crippen LogP contribution in [0.5, 0.6) is 0 Å². The van der Waals surface area contributed by atoms with Gasteiger partial charge in [0.05, 0.1) is 13.1 Å². The summed E-state index contributed by atoms with van der Waals surface area (Å²) >= 11 is 0. The van der Waals surface area contributed by atoms with Gasteiger partial charge in [0.15, 0.2) is 0 Å². The Morgan fingerprint density at radius 2 is 2.07 bits per heavy atom. The molecule has 4 nitrogen and oxygen atoms in total. The second-order valence-electron chi connectivity index (χ2n) is 3.50. The number of benzene rings is 1. The molecule has 1 aliphatic rings. The van der Waals surface area contributed by atoms with Gasteiger partial charge < -0.3 is 4.90 Å². The highest BCUT2D eigenvalue weighted by molar-refractivity contribution is 5.81. The van der Waals surface area contributed by atoms with E-state index in [0.717, 1.165) is 5.56 Å². The number of nitrogens with zero attached hydrogens (tertiary/aromatic N) is 3. The van der Waals surface area contributed by atoms with Crippen LogP contribution in [0.3, 0.4) is 0 Å². The highest BCUT2D eigenvalue weighted by Gasteiger charge is 2.19. The average Bonchev–Trinajstić information content (AvgIpc) is 2.26. The summed E-state index contributed by atoms with van der Waals surface area (Å²) in [6.07, 6.45) is 1.74. The molecule has 0 radical (unpaired) electrons. The van der Waals surface area contributed by atoms with Crippen LogP contribution in [0.1, 0.15) is 5.56 Å². The molecule has 0 bridgehead atoms. The number of hydrogen-bond acceptors (Lipinski definition) is 2. The molecule has 0 spiro atoms. The van der Waals surface area contributed by atoms with E-state index in [4.69, 9.17) is 0 Å². The maximum atomic E-state index is 11.7.